The highest BCUT2D eigenvalue weighted by Crippen LogP contribution is 2.31. The van der Waals surface area contributed by atoms with Crippen LogP contribution in [-0.4, -0.2) is 45.4 Å². The number of benzene rings is 2. The van der Waals surface area contributed by atoms with E-state index in [9.17, 15) is 13.2 Å². The fourth-order valence-electron chi connectivity index (χ4n) is 3.43. The van der Waals surface area contributed by atoms with E-state index >= 15 is 0 Å². The molecular formula is C23H28N2O5S. The second-order valence-corrected chi connectivity index (χ2v) is 9.24. The maximum atomic E-state index is 13.0. The molecule has 0 heterocycles. The van der Waals surface area contributed by atoms with Gasteiger partial charge in [-0.15, -0.1) is 0 Å². The van der Waals surface area contributed by atoms with Crippen molar-refractivity contribution >= 4 is 27.7 Å². The molecule has 2 aromatic rings. The first-order chi connectivity index (χ1) is 14.8. The largest absolute Gasteiger partial charge is 0.490 e. The van der Waals surface area contributed by atoms with Gasteiger partial charge in [-0.1, -0.05) is 24.3 Å². The summed E-state index contributed by atoms with van der Waals surface area (Å²) in [5.41, 5.74) is 2.54. The number of rotatable bonds is 9. The fourth-order valence-corrected chi connectivity index (χ4v) is 4.75. The third kappa shape index (κ3) is 5.45. The van der Waals surface area contributed by atoms with Crippen molar-refractivity contribution in [1.82, 2.24) is 4.31 Å². The van der Waals surface area contributed by atoms with Crippen molar-refractivity contribution in [2.24, 2.45) is 0 Å². The quantitative estimate of drug-likeness (QED) is 0.638. The molecule has 1 amide bonds. The highest BCUT2D eigenvalue weighted by Gasteiger charge is 2.27. The van der Waals surface area contributed by atoms with Gasteiger partial charge in [0.05, 0.1) is 24.7 Å². The van der Waals surface area contributed by atoms with E-state index in [-0.39, 0.29) is 6.54 Å². The van der Waals surface area contributed by atoms with E-state index in [1.807, 2.05) is 38.1 Å². The van der Waals surface area contributed by atoms with Crippen LogP contribution in [0, 0.1) is 0 Å². The Balaban J connectivity index is 1.69. The number of amides is 1. The van der Waals surface area contributed by atoms with Crippen molar-refractivity contribution in [2.75, 3.05) is 32.1 Å². The first-order valence-corrected chi connectivity index (χ1v) is 11.7. The summed E-state index contributed by atoms with van der Waals surface area (Å²) < 4.78 is 38.1. The van der Waals surface area contributed by atoms with Crippen molar-refractivity contribution in [1.29, 1.82) is 0 Å². The van der Waals surface area contributed by atoms with Gasteiger partial charge < -0.3 is 14.8 Å². The normalized spacial score (nSPS) is 13.4. The lowest BCUT2D eigenvalue weighted by Crippen LogP contribution is -2.36. The summed E-state index contributed by atoms with van der Waals surface area (Å²) in [6, 6.07) is 12.8. The maximum Gasteiger partial charge on any atom is 0.239 e. The van der Waals surface area contributed by atoms with Gasteiger partial charge in [0.1, 0.15) is 0 Å². The molecule has 0 saturated heterocycles. The van der Waals surface area contributed by atoms with Gasteiger partial charge in [0.25, 0.3) is 0 Å². The number of anilines is 1. The molecule has 0 bridgehead atoms. The number of ether oxygens (including phenoxy) is 2. The number of hydrogen-bond acceptors (Lipinski definition) is 5. The highest BCUT2D eigenvalue weighted by molar-refractivity contribution is 7.93. The Morgan fingerprint density at radius 1 is 1.03 bits per heavy atom. The molecule has 31 heavy (non-hydrogen) atoms. The lowest BCUT2D eigenvalue weighted by molar-refractivity contribution is -0.116. The molecule has 0 aliphatic heterocycles. The second kappa shape index (κ2) is 9.98. The van der Waals surface area contributed by atoms with Gasteiger partial charge in [-0.25, -0.2) is 8.42 Å². The van der Waals surface area contributed by atoms with Gasteiger partial charge in [-0.3, -0.25) is 4.79 Å². The number of sulfonamides is 1. The van der Waals surface area contributed by atoms with Crippen LogP contribution in [0.25, 0.3) is 6.08 Å². The molecule has 1 N–H and O–H groups in total. The molecule has 0 spiro atoms. The first-order valence-electron chi connectivity index (χ1n) is 10.3. The molecule has 7 nitrogen and oxygen atoms in total. The number of nitrogens with zero attached hydrogens (tertiary/aromatic N) is 1. The summed E-state index contributed by atoms with van der Waals surface area (Å²) in [6.45, 7) is 4.39. The van der Waals surface area contributed by atoms with Crippen molar-refractivity contribution in [3.8, 4) is 11.5 Å². The van der Waals surface area contributed by atoms with Crippen LogP contribution in [0.15, 0.2) is 47.4 Å². The maximum absolute atomic E-state index is 13.0. The summed E-state index contributed by atoms with van der Waals surface area (Å²) in [7, 11) is -2.32. The number of nitrogens with one attached hydrogen (secondary N) is 1. The van der Waals surface area contributed by atoms with Crippen LogP contribution in [0.5, 0.6) is 11.5 Å². The van der Waals surface area contributed by atoms with E-state index in [1.54, 1.807) is 24.3 Å². The Morgan fingerprint density at radius 2 is 1.74 bits per heavy atom. The van der Waals surface area contributed by atoms with Crippen LogP contribution >= 0.6 is 0 Å². The summed E-state index contributed by atoms with van der Waals surface area (Å²) in [5.74, 6) is 0.676. The van der Waals surface area contributed by atoms with Gasteiger partial charge in [0.15, 0.2) is 11.5 Å². The zero-order valence-corrected chi connectivity index (χ0v) is 18.9. The third-order valence-electron chi connectivity index (χ3n) is 4.95. The molecular weight excluding hydrogens is 416 g/mol. The fraction of sp³-hybridized carbons (Fsp3) is 0.348. The monoisotopic (exact) mass is 444 g/mol. The summed E-state index contributed by atoms with van der Waals surface area (Å²) in [4.78, 5) is 12.8. The van der Waals surface area contributed by atoms with Crippen LogP contribution in [0.1, 0.15) is 31.4 Å². The number of fused-ring (bicyclic) bond motifs is 1. The van der Waals surface area contributed by atoms with Gasteiger partial charge in [-0.05, 0) is 56.0 Å². The van der Waals surface area contributed by atoms with E-state index in [0.717, 1.165) is 15.4 Å². The van der Waals surface area contributed by atoms with E-state index in [0.29, 0.717) is 48.1 Å². The van der Waals surface area contributed by atoms with Crippen LogP contribution in [0.2, 0.25) is 0 Å². The number of carbonyl (C=O) groups excluding carboxylic acids is 1. The average Bonchev–Trinajstić information content (AvgIpc) is 2.75. The predicted octanol–water partition coefficient (Wildman–Crippen LogP) is 3.67. The average molecular weight is 445 g/mol. The minimum Gasteiger partial charge on any atom is -0.490 e. The third-order valence-corrected chi connectivity index (χ3v) is 6.88. The Kier molecular flexibility index (Phi) is 7.35. The molecule has 2 aromatic carbocycles. The number of hydrogen-bond donors (Lipinski definition) is 1. The molecule has 1 aliphatic carbocycles. The van der Waals surface area contributed by atoms with Crippen LogP contribution in [0.3, 0.4) is 0 Å². The Morgan fingerprint density at radius 3 is 2.48 bits per heavy atom. The van der Waals surface area contributed by atoms with Crippen molar-refractivity contribution in [3.63, 3.8) is 0 Å². The van der Waals surface area contributed by atoms with Crippen molar-refractivity contribution in [3.05, 3.63) is 58.5 Å². The van der Waals surface area contributed by atoms with Crippen LogP contribution in [-0.2, 0) is 21.2 Å². The second-order valence-electron chi connectivity index (χ2n) is 7.15. The smallest absolute Gasteiger partial charge is 0.239 e. The standard InChI is InChI=1S/C23H28N2O5S/c1-4-29-21-13-11-19(15-22(21)30-5-2)24-23(26)16-25(3)31(27,28)20-12-10-17-8-6-7-9-18(17)14-20/h6-9,11,13-15H,4-5,10,12,16H2,1-3H3,(H,24,26). The molecule has 0 fully saturated rings. The van der Waals surface area contributed by atoms with Gasteiger partial charge >= 0.3 is 0 Å². The van der Waals surface area contributed by atoms with Gasteiger partial charge in [0, 0.05) is 18.8 Å². The number of allylic oxidation sites excluding steroid dienone is 1. The number of likely N-dealkylation sites (N-methyl/N-ethyl adjacent to an activating group) is 1. The molecule has 1 aliphatic rings. The molecule has 166 valence electrons. The minimum atomic E-state index is -3.73. The predicted molar refractivity (Wildman–Crippen MR) is 122 cm³/mol. The van der Waals surface area contributed by atoms with Crippen LogP contribution in [0.4, 0.5) is 5.69 Å². The molecule has 0 atom stereocenters. The van der Waals surface area contributed by atoms with E-state index < -0.39 is 15.9 Å². The molecule has 0 unspecified atom stereocenters. The summed E-state index contributed by atoms with van der Waals surface area (Å²) in [5, 5.41) is 2.73. The van der Waals surface area contributed by atoms with Crippen LogP contribution < -0.4 is 14.8 Å². The zero-order valence-electron chi connectivity index (χ0n) is 18.1. The molecule has 3 rings (SSSR count). The highest BCUT2D eigenvalue weighted by atomic mass is 32.2. The van der Waals surface area contributed by atoms with Gasteiger partial charge in [0.2, 0.25) is 15.9 Å². The minimum absolute atomic E-state index is 0.293. The SMILES string of the molecule is CCOc1ccc(NC(=O)CN(C)S(=O)(=O)C2=Cc3ccccc3CC2)cc1OCC. The summed E-state index contributed by atoms with van der Waals surface area (Å²) >= 11 is 0. The molecule has 0 saturated carbocycles. The van der Waals surface area contributed by atoms with E-state index in [2.05, 4.69) is 5.32 Å². The molecule has 0 radical (unpaired) electrons. The van der Waals surface area contributed by atoms with E-state index in [4.69, 9.17) is 9.47 Å². The number of carbonyl (C=O) groups is 1. The van der Waals surface area contributed by atoms with Gasteiger partial charge in [-0.2, -0.15) is 4.31 Å². The topological polar surface area (TPSA) is 84.9 Å². The van der Waals surface area contributed by atoms with Crippen molar-refractivity contribution in [2.45, 2.75) is 26.7 Å². The molecule has 8 heteroatoms. The lowest BCUT2D eigenvalue weighted by Gasteiger charge is -2.22. The zero-order chi connectivity index (χ0) is 22.4. The lowest BCUT2D eigenvalue weighted by atomic mass is 9.98. The van der Waals surface area contributed by atoms with Crippen molar-refractivity contribution < 1.29 is 22.7 Å². The Labute approximate surface area is 183 Å². The first kappa shape index (κ1) is 22.8. The van der Waals surface area contributed by atoms with E-state index in [1.165, 1.54) is 7.05 Å². The summed E-state index contributed by atoms with van der Waals surface area (Å²) in [6.07, 6.45) is 2.78. The molecule has 0 aromatic heterocycles. The Bertz CT molecular complexity index is 1080. The number of aryl methyl sites for hydroxylation is 1. The Hall–Kier alpha value is -2.84.